The molecule has 0 amide bonds. The molecule has 2 aromatic heterocycles. The van der Waals surface area contributed by atoms with Crippen molar-refractivity contribution < 1.29 is 9.47 Å². The second-order valence-corrected chi connectivity index (χ2v) is 4.54. The first-order valence-corrected chi connectivity index (χ1v) is 6.42. The van der Waals surface area contributed by atoms with Crippen LogP contribution in [0.15, 0.2) is 48.8 Å². The summed E-state index contributed by atoms with van der Waals surface area (Å²) in [6.45, 7) is 0.729. The molecule has 0 spiro atoms. The summed E-state index contributed by atoms with van der Waals surface area (Å²) in [5, 5.41) is 1.16. The fourth-order valence-corrected chi connectivity index (χ4v) is 2.35. The van der Waals surface area contributed by atoms with Crippen molar-refractivity contribution in [2.45, 2.75) is 6.54 Å². The molecule has 0 aliphatic carbocycles. The maximum Gasteiger partial charge on any atom is 0.218 e. The van der Waals surface area contributed by atoms with Gasteiger partial charge in [0, 0.05) is 28.9 Å². The number of ether oxygens (including phenoxy) is 2. The van der Waals surface area contributed by atoms with Gasteiger partial charge in [-0.2, -0.15) is 0 Å². The number of rotatable bonds is 4. The first-order chi connectivity index (χ1) is 9.81. The lowest BCUT2D eigenvalue weighted by Crippen LogP contribution is -2.01. The molecular formula is C16H16N2O2. The summed E-state index contributed by atoms with van der Waals surface area (Å²) >= 11 is 0. The molecular weight excluding hydrogens is 252 g/mol. The largest absolute Gasteiger partial charge is 0.497 e. The predicted molar refractivity (Wildman–Crippen MR) is 78.4 cm³/mol. The summed E-state index contributed by atoms with van der Waals surface area (Å²) in [5.41, 5.74) is 2.22. The van der Waals surface area contributed by atoms with Crippen LogP contribution in [0.4, 0.5) is 0 Å². The first kappa shape index (κ1) is 12.5. The summed E-state index contributed by atoms with van der Waals surface area (Å²) in [5.74, 6) is 1.54. The normalized spacial score (nSPS) is 10.7. The Morgan fingerprint density at radius 1 is 1.10 bits per heavy atom. The molecule has 0 unspecified atom stereocenters. The lowest BCUT2D eigenvalue weighted by molar-refractivity contribution is 0.391. The third-order valence-electron chi connectivity index (χ3n) is 3.36. The zero-order chi connectivity index (χ0) is 13.9. The van der Waals surface area contributed by atoms with Crippen LogP contribution in [0.3, 0.4) is 0 Å². The van der Waals surface area contributed by atoms with E-state index in [0.29, 0.717) is 5.88 Å². The van der Waals surface area contributed by atoms with Crippen LogP contribution < -0.4 is 9.47 Å². The molecule has 0 saturated heterocycles. The van der Waals surface area contributed by atoms with Crippen molar-refractivity contribution in [3.63, 3.8) is 0 Å². The van der Waals surface area contributed by atoms with E-state index < -0.39 is 0 Å². The highest BCUT2D eigenvalue weighted by molar-refractivity contribution is 5.81. The van der Waals surface area contributed by atoms with E-state index >= 15 is 0 Å². The number of nitrogens with zero attached hydrogens (tertiary/aromatic N) is 2. The molecule has 2 heterocycles. The minimum atomic E-state index is 0.669. The van der Waals surface area contributed by atoms with Crippen molar-refractivity contribution in [3.05, 3.63) is 54.4 Å². The van der Waals surface area contributed by atoms with E-state index in [1.807, 2.05) is 24.3 Å². The number of pyridine rings is 1. The third-order valence-corrected chi connectivity index (χ3v) is 3.36. The van der Waals surface area contributed by atoms with E-state index in [0.717, 1.165) is 28.8 Å². The molecule has 0 N–H and O–H groups in total. The minimum absolute atomic E-state index is 0.669. The van der Waals surface area contributed by atoms with E-state index in [-0.39, 0.29) is 0 Å². The van der Waals surface area contributed by atoms with E-state index in [4.69, 9.17) is 9.47 Å². The molecule has 4 nitrogen and oxygen atoms in total. The summed E-state index contributed by atoms with van der Waals surface area (Å²) in [6.07, 6.45) is 3.80. The molecule has 4 heteroatoms. The number of aromatic nitrogens is 2. The van der Waals surface area contributed by atoms with Crippen molar-refractivity contribution in [1.29, 1.82) is 0 Å². The van der Waals surface area contributed by atoms with E-state index in [2.05, 4.69) is 27.9 Å². The van der Waals surface area contributed by atoms with Gasteiger partial charge in [-0.05, 0) is 30.3 Å². The van der Waals surface area contributed by atoms with Gasteiger partial charge in [0.1, 0.15) is 5.75 Å². The van der Waals surface area contributed by atoms with E-state index in [9.17, 15) is 0 Å². The Morgan fingerprint density at radius 2 is 2.00 bits per heavy atom. The maximum atomic E-state index is 5.30. The fraction of sp³-hybridized carbons (Fsp3) is 0.188. The summed E-state index contributed by atoms with van der Waals surface area (Å²) < 4.78 is 12.7. The van der Waals surface area contributed by atoms with E-state index in [1.54, 1.807) is 20.4 Å². The molecule has 3 aromatic rings. The second-order valence-electron chi connectivity index (χ2n) is 4.54. The van der Waals surface area contributed by atoms with Crippen molar-refractivity contribution in [1.82, 2.24) is 9.55 Å². The van der Waals surface area contributed by atoms with Gasteiger partial charge >= 0.3 is 0 Å². The van der Waals surface area contributed by atoms with Crippen molar-refractivity contribution in [2.24, 2.45) is 0 Å². The van der Waals surface area contributed by atoms with Crippen LogP contribution in [0.5, 0.6) is 11.6 Å². The van der Waals surface area contributed by atoms with Gasteiger partial charge in [0.05, 0.1) is 20.8 Å². The average molecular weight is 268 g/mol. The van der Waals surface area contributed by atoms with Gasteiger partial charge in [-0.15, -0.1) is 0 Å². The molecule has 0 fully saturated rings. The van der Waals surface area contributed by atoms with Crippen LogP contribution in [0.2, 0.25) is 0 Å². The SMILES string of the molecule is COc1ccc2c(ccn2Cc2cccnc2OC)c1. The summed E-state index contributed by atoms with van der Waals surface area (Å²) in [6, 6.07) is 12.1. The zero-order valence-electron chi connectivity index (χ0n) is 11.5. The van der Waals surface area contributed by atoms with Crippen LogP contribution >= 0.6 is 0 Å². The van der Waals surface area contributed by atoms with Crippen LogP contribution in [-0.2, 0) is 6.54 Å². The Bertz CT molecular complexity index is 734. The molecule has 0 aliphatic rings. The highest BCUT2D eigenvalue weighted by atomic mass is 16.5. The second kappa shape index (κ2) is 5.25. The fourth-order valence-electron chi connectivity index (χ4n) is 2.35. The summed E-state index contributed by atoms with van der Waals surface area (Å²) in [7, 11) is 3.32. The van der Waals surface area contributed by atoms with Crippen molar-refractivity contribution in [3.8, 4) is 11.6 Å². The van der Waals surface area contributed by atoms with Gasteiger partial charge in [0.2, 0.25) is 5.88 Å². The highest BCUT2D eigenvalue weighted by Crippen LogP contribution is 2.24. The molecule has 0 atom stereocenters. The van der Waals surface area contributed by atoms with Crippen LogP contribution in [-0.4, -0.2) is 23.8 Å². The molecule has 102 valence electrons. The number of hydrogen-bond acceptors (Lipinski definition) is 3. The molecule has 0 radical (unpaired) electrons. The lowest BCUT2D eigenvalue weighted by atomic mass is 10.2. The Hall–Kier alpha value is -2.49. The predicted octanol–water partition coefficient (Wildman–Crippen LogP) is 3.10. The number of benzene rings is 1. The van der Waals surface area contributed by atoms with Gasteiger partial charge < -0.3 is 14.0 Å². The van der Waals surface area contributed by atoms with Gasteiger partial charge in [0.25, 0.3) is 0 Å². The Morgan fingerprint density at radius 3 is 2.80 bits per heavy atom. The molecule has 0 aliphatic heterocycles. The van der Waals surface area contributed by atoms with Crippen LogP contribution in [0, 0.1) is 0 Å². The monoisotopic (exact) mass is 268 g/mol. The third kappa shape index (κ3) is 2.20. The molecule has 0 saturated carbocycles. The van der Waals surface area contributed by atoms with Crippen molar-refractivity contribution >= 4 is 10.9 Å². The molecule has 1 aromatic carbocycles. The van der Waals surface area contributed by atoms with Crippen LogP contribution in [0.25, 0.3) is 10.9 Å². The highest BCUT2D eigenvalue weighted by Gasteiger charge is 2.07. The first-order valence-electron chi connectivity index (χ1n) is 6.42. The molecule has 3 rings (SSSR count). The zero-order valence-corrected chi connectivity index (χ0v) is 11.5. The Balaban J connectivity index is 1.99. The molecule has 20 heavy (non-hydrogen) atoms. The summed E-state index contributed by atoms with van der Waals surface area (Å²) in [4.78, 5) is 4.23. The number of hydrogen-bond donors (Lipinski definition) is 0. The topological polar surface area (TPSA) is 36.3 Å². The van der Waals surface area contributed by atoms with Crippen molar-refractivity contribution in [2.75, 3.05) is 14.2 Å². The van der Waals surface area contributed by atoms with Gasteiger partial charge in [-0.1, -0.05) is 6.07 Å². The number of fused-ring (bicyclic) bond motifs is 1. The maximum absolute atomic E-state index is 5.30. The Labute approximate surface area is 117 Å². The smallest absolute Gasteiger partial charge is 0.218 e. The average Bonchev–Trinajstić information content (AvgIpc) is 2.90. The van der Waals surface area contributed by atoms with Gasteiger partial charge in [0.15, 0.2) is 0 Å². The van der Waals surface area contributed by atoms with Crippen LogP contribution in [0.1, 0.15) is 5.56 Å². The van der Waals surface area contributed by atoms with Gasteiger partial charge in [-0.3, -0.25) is 0 Å². The Kier molecular flexibility index (Phi) is 3.29. The number of methoxy groups -OCH3 is 2. The molecule has 0 bridgehead atoms. The quantitative estimate of drug-likeness (QED) is 0.729. The van der Waals surface area contributed by atoms with E-state index in [1.165, 1.54) is 0 Å². The van der Waals surface area contributed by atoms with Gasteiger partial charge in [-0.25, -0.2) is 4.98 Å². The standard InChI is InChI=1S/C16H16N2O2/c1-19-14-5-6-15-12(10-14)7-9-18(15)11-13-4-3-8-17-16(13)20-2/h3-10H,11H2,1-2H3. The lowest BCUT2D eigenvalue weighted by Gasteiger charge is -2.09. The minimum Gasteiger partial charge on any atom is -0.497 e.